The Balaban J connectivity index is 2.05. The molecule has 4 nitrogen and oxygen atoms in total. The van der Waals surface area contributed by atoms with Gasteiger partial charge in [0.15, 0.2) is 0 Å². The fourth-order valence-corrected chi connectivity index (χ4v) is 1.63. The van der Waals surface area contributed by atoms with Crippen molar-refractivity contribution in [3.63, 3.8) is 0 Å². The van der Waals surface area contributed by atoms with E-state index in [2.05, 4.69) is 15.7 Å². The van der Waals surface area contributed by atoms with Gasteiger partial charge in [-0.15, -0.1) is 0 Å². The van der Waals surface area contributed by atoms with Crippen LogP contribution in [0, 0.1) is 13.1 Å². The zero-order valence-electron chi connectivity index (χ0n) is 10.9. The molecule has 0 aliphatic rings. The Hall–Kier alpha value is -1.32. The number of carbonyl (C=O) groups is 1. The van der Waals surface area contributed by atoms with Gasteiger partial charge in [-0.1, -0.05) is 6.42 Å². The van der Waals surface area contributed by atoms with E-state index in [9.17, 15) is 4.79 Å². The standard InChI is InChI=1S/C13H21N2O2/c1-11(2)17-13(16)7-5-4-6-9-15-10-8-14-12(15)3/h10-11H,4-7,9H2,1-3H3. The third-order valence-electron chi connectivity index (χ3n) is 2.50. The predicted molar refractivity (Wildman–Crippen MR) is 65.5 cm³/mol. The normalized spacial score (nSPS) is 10.8. The molecule has 1 radical (unpaired) electrons. The van der Waals surface area contributed by atoms with Gasteiger partial charge >= 0.3 is 5.97 Å². The first-order chi connectivity index (χ1) is 8.09. The van der Waals surface area contributed by atoms with E-state index in [1.54, 1.807) is 0 Å². The SMILES string of the molecule is Cc1n[c]cn1CCCCCC(=O)OC(C)C. The molecule has 17 heavy (non-hydrogen) atoms. The number of rotatable bonds is 7. The van der Waals surface area contributed by atoms with Crippen LogP contribution in [0.3, 0.4) is 0 Å². The quantitative estimate of drug-likeness (QED) is 0.540. The van der Waals surface area contributed by atoms with Crippen molar-refractivity contribution >= 4 is 5.97 Å². The van der Waals surface area contributed by atoms with Crippen molar-refractivity contribution in [1.29, 1.82) is 0 Å². The van der Waals surface area contributed by atoms with Crippen LogP contribution in [0.15, 0.2) is 6.20 Å². The van der Waals surface area contributed by atoms with Crippen molar-refractivity contribution in [2.24, 2.45) is 0 Å². The van der Waals surface area contributed by atoms with Crippen LogP contribution in [-0.2, 0) is 16.1 Å². The number of hydrogen-bond donors (Lipinski definition) is 0. The minimum Gasteiger partial charge on any atom is -0.463 e. The summed E-state index contributed by atoms with van der Waals surface area (Å²) in [4.78, 5) is 15.3. The van der Waals surface area contributed by atoms with Crippen LogP contribution in [0.2, 0.25) is 0 Å². The highest BCUT2D eigenvalue weighted by Crippen LogP contribution is 2.05. The van der Waals surface area contributed by atoms with Gasteiger partial charge in [-0.2, -0.15) is 0 Å². The zero-order valence-corrected chi connectivity index (χ0v) is 10.9. The van der Waals surface area contributed by atoms with Gasteiger partial charge in [-0.25, -0.2) is 4.98 Å². The lowest BCUT2D eigenvalue weighted by atomic mass is 10.2. The Morgan fingerprint density at radius 3 is 2.82 bits per heavy atom. The molecule has 0 aliphatic carbocycles. The van der Waals surface area contributed by atoms with Crippen LogP contribution in [-0.4, -0.2) is 21.6 Å². The van der Waals surface area contributed by atoms with Crippen molar-refractivity contribution < 1.29 is 9.53 Å². The molecule has 0 saturated heterocycles. The van der Waals surface area contributed by atoms with E-state index in [4.69, 9.17) is 4.74 Å². The zero-order chi connectivity index (χ0) is 12.7. The molecule has 1 rings (SSSR count). The van der Waals surface area contributed by atoms with Gasteiger partial charge in [0, 0.05) is 19.2 Å². The topological polar surface area (TPSA) is 44.1 Å². The van der Waals surface area contributed by atoms with E-state index in [0.29, 0.717) is 6.42 Å². The summed E-state index contributed by atoms with van der Waals surface area (Å²) in [6, 6.07) is 0. The maximum Gasteiger partial charge on any atom is 0.306 e. The third-order valence-corrected chi connectivity index (χ3v) is 2.50. The van der Waals surface area contributed by atoms with Gasteiger partial charge in [0.1, 0.15) is 12.0 Å². The summed E-state index contributed by atoms with van der Waals surface area (Å²) in [5.41, 5.74) is 0. The van der Waals surface area contributed by atoms with Crippen LogP contribution in [0.1, 0.15) is 45.4 Å². The van der Waals surface area contributed by atoms with Crippen molar-refractivity contribution in [2.45, 2.75) is 59.1 Å². The Morgan fingerprint density at radius 1 is 1.47 bits per heavy atom. The lowest BCUT2D eigenvalue weighted by Crippen LogP contribution is -2.10. The van der Waals surface area contributed by atoms with Crippen LogP contribution in [0.4, 0.5) is 0 Å². The van der Waals surface area contributed by atoms with Crippen LogP contribution >= 0.6 is 0 Å². The molecule has 0 unspecified atom stereocenters. The van der Waals surface area contributed by atoms with Gasteiger partial charge in [0.2, 0.25) is 0 Å². The van der Waals surface area contributed by atoms with Crippen LogP contribution in [0.5, 0.6) is 0 Å². The summed E-state index contributed by atoms with van der Waals surface area (Å²) in [6.07, 6.45) is 8.17. The number of aryl methyl sites for hydroxylation is 2. The van der Waals surface area contributed by atoms with E-state index < -0.39 is 0 Å². The number of unbranched alkanes of at least 4 members (excludes halogenated alkanes) is 2. The van der Waals surface area contributed by atoms with Crippen LogP contribution < -0.4 is 0 Å². The number of ether oxygens (including phenoxy) is 1. The van der Waals surface area contributed by atoms with Crippen molar-refractivity contribution in [3.05, 3.63) is 18.2 Å². The van der Waals surface area contributed by atoms with Crippen molar-refractivity contribution in [3.8, 4) is 0 Å². The summed E-state index contributed by atoms with van der Waals surface area (Å²) >= 11 is 0. The van der Waals surface area contributed by atoms with E-state index in [0.717, 1.165) is 31.6 Å². The molecular weight excluding hydrogens is 216 g/mol. The molecule has 0 bridgehead atoms. The molecular formula is C13H21N2O2. The lowest BCUT2D eigenvalue weighted by Gasteiger charge is -2.08. The lowest BCUT2D eigenvalue weighted by molar-refractivity contribution is -0.147. The fourth-order valence-electron chi connectivity index (χ4n) is 1.63. The van der Waals surface area contributed by atoms with E-state index in [-0.39, 0.29) is 12.1 Å². The molecule has 1 heterocycles. The van der Waals surface area contributed by atoms with Gasteiger partial charge in [-0.05, 0) is 33.6 Å². The Morgan fingerprint density at radius 2 is 2.24 bits per heavy atom. The maximum absolute atomic E-state index is 11.3. The summed E-state index contributed by atoms with van der Waals surface area (Å²) in [5, 5.41) is 0. The predicted octanol–water partition coefficient (Wildman–Crippen LogP) is 2.50. The second-order valence-corrected chi connectivity index (χ2v) is 4.46. The molecule has 0 fully saturated rings. The average molecular weight is 237 g/mol. The smallest absolute Gasteiger partial charge is 0.306 e. The van der Waals surface area contributed by atoms with Gasteiger partial charge < -0.3 is 9.30 Å². The molecule has 0 spiro atoms. The molecule has 4 heteroatoms. The first kappa shape index (κ1) is 13.7. The van der Waals surface area contributed by atoms with Crippen LogP contribution in [0.25, 0.3) is 0 Å². The number of imidazole rings is 1. The Kier molecular flexibility index (Phi) is 5.73. The summed E-state index contributed by atoms with van der Waals surface area (Å²) in [6.45, 7) is 6.66. The molecule has 1 aromatic heterocycles. The average Bonchev–Trinajstić information content (AvgIpc) is 2.63. The summed E-state index contributed by atoms with van der Waals surface area (Å²) in [7, 11) is 0. The first-order valence-corrected chi connectivity index (χ1v) is 6.19. The monoisotopic (exact) mass is 237 g/mol. The highest BCUT2D eigenvalue weighted by molar-refractivity contribution is 5.69. The van der Waals surface area contributed by atoms with Crippen molar-refractivity contribution in [2.75, 3.05) is 0 Å². The highest BCUT2D eigenvalue weighted by Gasteiger charge is 2.04. The molecule has 0 N–H and O–H groups in total. The minimum atomic E-state index is -0.0906. The number of nitrogens with zero attached hydrogens (tertiary/aromatic N) is 2. The van der Waals surface area contributed by atoms with Gasteiger partial charge in [0.25, 0.3) is 0 Å². The fraction of sp³-hybridized carbons (Fsp3) is 0.692. The van der Waals surface area contributed by atoms with Gasteiger partial charge in [-0.3, -0.25) is 4.79 Å². The van der Waals surface area contributed by atoms with E-state index in [1.807, 2.05) is 27.0 Å². The van der Waals surface area contributed by atoms with E-state index >= 15 is 0 Å². The number of carbonyl (C=O) groups excluding carboxylic acids is 1. The first-order valence-electron chi connectivity index (χ1n) is 6.19. The Labute approximate surface area is 103 Å². The third kappa shape index (κ3) is 5.52. The molecule has 0 saturated carbocycles. The summed E-state index contributed by atoms with van der Waals surface area (Å²) < 4.78 is 7.14. The second-order valence-electron chi connectivity index (χ2n) is 4.46. The Bertz CT molecular complexity index is 345. The van der Waals surface area contributed by atoms with E-state index in [1.165, 1.54) is 0 Å². The molecule has 95 valence electrons. The number of esters is 1. The number of hydrogen-bond acceptors (Lipinski definition) is 3. The summed E-state index contributed by atoms with van der Waals surface area (Å²) in [5.74, 6) is 0.899. The molecule has 0 amide bonds. The number of aromatic nitrogens is 2. The molecule has 0 aromatic carbocycles. The molecule has 0 atom stereocenters. The van der Waals surface area contributed by atoms with Crippen molar-refractivity contribution in [1.82, 2.24) is 9.55 Å². The largest absolute Gasteiger partial charge is 0.463 e. The minimum absolute atomic E-state index is 0.00774. The highest BCUT2D eigenvalue weighted by atomic mass is 16.5. The second kappa shape index (κ2) is 7.09. The molecule has 0 aliphatic heterocycles. The van der Waals surface area contributed by atoms with Gasteiger partial charge in [0.05, 0.1) is 6.10 Å². The molecule has 1 aromatic rings. The maximum atomic E-state index is 11.3.